The van der Waals surface area contributed by atoms with Gasteiger partial charge in [0.05, 0.1) is 7.11 Å². The molecule has 1 saturated carbocycles. The fourth-order valence-corrected chi connectivity index (χ4v) is 6.14. The number of ether oxygens (including phenoxy) is 1. The van der Waals surface area contributed by atoms with Crippen molar-refractivity contribution < 1.29 is 14.0 Å². The lowest BCUT2D eigenvalue weighted by atomic mass is 9.58. The summed E-state index contributed by atoms with van der Waals surface area (Å²) in [5.74, 6) is -0.154. The molecular weight excluding hydrogens is 364 g/mol. The molecule has 1 aliphatic carbocycles. The van der Waals surface area contributed by atoms with E-state index in [4.69, 9.17) is 9.16 Å². The van der Waals surface area contributed by atoms with E-state index in [0.717, 1.165) is 43.2 Å². The van der Waals surface area contributed by atoms with Gasteiger partial charge in [-0.2, -0.15) is 0 Å². The quantitative estimate of drug-likeness (QED) is 0.450. The third kappa shape index (κ3) is 3.68. The average molecular weight is 397 g/mol. The Morgan fingerprint density at radius 1 is 0.857 bits per heavy atom. The first kappa shape index (κ1) is 20.8. The Bertz CT molecular complexity index is 735. The van der Waals surface area contributed by atoms with Gasteiger partial charge in [-0.25, -0.2) is 0 Å². The number of carbonyl (C=O) groups is 1. The van der Waals surface area contributed by atoms with E-state index in [1.54, 1.807) is 0 Å². The summed E-state index contributed by atoms with van der Waals surface area (Å²) in [6, 6.07) is 20.6. The van der Waals surface area contributed by atoms with Gasteiger partial charge in [-0.3, -0.25) is 4.79 Å². The van der Waals surface area contributed by atoms with Crippen LogP contribution in [-0.2, 0) is 19.6 Å². The summed E-state index contributed by atoms with van der Waals surface area (Å²) in [5.41, 5.74) is 0.489. The first-order chi connectivity index (χ1) is 13.4. The standard InChI is InChI=1S/C24H32O3Si/c1-26-22(25)23(18-12-7-13-19-23)24(27-28(2,3)4,20-14-8-5-9-15-20)21-16-10-6-11-17-21/h5-6,8-11,14-17H,7,12-13,18-19H2,1-4H3. The van der Waals surface area contributed by atoms with Crippen molar-refractivity contribution in [3.05, 3.63) is 71.8 Å². The van der Waals surface area contributed by atoms with E-state index < -0.39 is 19.3 Å². The highest BCUT2D eigenvalue weighted by molar-refractivity contribution is 6.69. The number of hydrogen-bond acceptors (Lipinski definition) is 3. The average Bonchev–Trinajstić information content (AvgIpc) is 2.72. The van der Waals surface area contributed by atoms with Crippen molar-refractivity contribution in [2.24, 2.45) is 5.41 Å². The molecule has 0 unspecified atom stereocenters. The number of rotatable bonds is 6. The van der Waals surface area contributed by atoms with Crippen LogP contribution in [0.5, 0.6) is 0 Å². The molecular formula is C24H32O3Si. The number of methoxy groups -OCH3 is 1. The van der Waals surface area contributed by atoms with E-state index in [-0.39, 0.29) is 5.97 Å². The monoisotopic (exact) mass is 396 g/mol. The molecule has 0 aromatic heterocycles. The lowest BCUT2D eigenvalue weighted by Crippen LogP contribution is -2.58. The molecule has 0 atom stereocenters. The summed E-state index contributed by atoms with van der Waals surface area (Å²) in [6.07, 6.45) is 4.70. The highest BCUT2D eigenvalue weighted by Gasteiger charge is 2.61. The summed E-state index contributed by atoms with van der Waals surface area (Å²) in [5, 5.41) is 0. The van der Waals surface area contributed by atoms with Crippen LogP contribution in [-0.4, -0.2) is 21.4 Å². The maximum atomic E-state index is 13.5. The Morgan fingerprint density at radius 3 is 1.71 bits per heavy atom. The van der Waals surface area contributed by atoms with Crippen LogP contribution in [0.15, 0.2) is 60.7 Å². The van der Waals surface area contributed by atoms with Gasteiger partial charge in [-0.1, -0.05) is 79.9 Å². The fourth-order valence-electron chi connectivity index (χ4n) is 4.79. The lowest BCUT2D eigenvalue weighted by Gasteiger charge is -2.53. The summed E-state index contributed by atoms with van der Waals surface area (Å²) < 4.78 is 12.6. The van der Waals surface area contributed by atoms with E-state index >= 15 is 0 Å². The van der Waals surface area contributed by atoms with Gasteiger partial charge in [-0.15, -0.1) is 0 Å². The molecule has 150 valence electrons. The van der Waals surface area contributed by atoms with Gasteiger partial charge < -0.3 is 9.16 Å². The summed E-state index contributed by atoms with van der Waals surface area (Å²) in [6.45, 7) is 6.59. The van der Waals surface area contributed by atoms with Gasteiger partial charge >= 0.3 is 5.97 Å². The zero-order chi connectivity index (χ0) is 20.3. The van der Waals surface area contributed by atoms with E-state index in [9.17, 15) is 4.79 Å². The van der Waals surface area contributed by atoms with Crippen LogP contribution in [0.25, 0.3) is 0 Å². The predicted octanol–water partition coefficient (Wildman–Crippen LogP) is 5.91. The second kappa shape index (κ2) is 8.22. The van der Waals surface area contributed by atoms with Crippen LogP contribution in [0.4, 0.5) is 0 Å². The van der Waals surface area contributed by atoms with E-state index in [0.29, 0.717) is 0 Å². The minimum absolute atomic E-state index is 0.154. The highest BCUT2D eigenvalue weighted by atomic mass is 28.4. The maximum absolute atomic E-state index is 13.5. The molecule has 0 spiro atoms. The molecule has 0 radical (unpaired) electrons. The van der Waals surface area contributed by atoms with E-state index in [1.807, 2.05) is 36.4 Å². The summed E-state index contributed by atoms with van der Waals surface area (Å²) in [7, 11) is -0.548. The minimum Gasteiger partial charge on any atom is -0.468 e. The Balaban J connectivity index is 2.38. The van der Waals surface area contributed by atoms with Crippen LogP contribution in [0, 0.1) is 5.41 Å². The maximum Gasteiger partial charge on any atom is 0.315 e. The number of carbonyl (C=O) groups excluding carboxylic acids is 1. The molecule has 1 fully saturated rings. The molecule has 0 saturated heterocycles. The van der Waals surface area contributed by atoms with Crippen LogP contribution in [0.1, 0.15) is 43.2 Å². The fraction of sp³-hybridized carbons (Fsp3) is 0.458. The molecule has 0 aliphatic heterocycles. The largest absolute Gasteiger partial charge is 0.468 e. The molecule has 3 nitrogen and oxygen atoms in total. The topological polar surface area (TPSA) is 35.5 Å². The minimum atomic E-state index is -2.06. The second-order valence-electron chi connectivity index (χ2n) is 8.76. The van der Waals surface area contributed by atoms with Crippen molar-refractivity contribution in [2.45, 2.75) is 57.3 Å². The molecule has 0 N–H and O–H groups in total. The van der Waals surface area contributed by atoms with Gasteiger partial charge in [0.1, 0.15) is 11.0 Å². The van der Waals surface area contributed by atoms with Gasteiger partial charge in [0.2, 0.25) is 0 Å². The van der Waals surface area contributed by atoms with Crippen LogP contribution < -0.4 is 0 Å². The number of benzene rings is 2. The van der Waals surface area contributed by atoms with Crippen molar-refractivity contribution in [1.29, 1.82) is 0 Å². The van der Waals surface area contributed by atoms with Gasteiger partial charge in [0, 0.05) is 0 Å². The summed E-state index contributed by atoms with van der Waals surface area (Å²) >= 11 is 0. The molecule has 1 aliphatic rings. The van der Waals surface area contributed by atoms with Crippen LogP contribution in [0.2, 0.25) is 19.6 Å². The molecule has 3 rings (SSSR count). The number of esters is 1. The van der Waals surface area contributed by atoms with Crippen molar-refractivity contribution in [2.75, 3.05) is 7.11 Å². The Morgan fingerprint density at radius 2 is 1.32 bits per heavy atom. The molecule has 2 aromatic carbocycles. The lowest BCUT2D eigenvalue weighted by molar-refractivity contribution is -0.172. The summed E-state index contributed by atoms with van der Waals surface area (Å²) in [4.78, 5) is 13.5. The molecule has 4 heteroatoms. The molecule has 28 heavy (non-hydrogen) atoms. The molecule has 2 aromatic rings. The molecule has 0 bridgehead atoms. The second-order valence-corrected chi connectivity index (χ2v) is 13.2. The zero-order valence-corrected chi connectivity index (χ0v) is 18.5. The van der Waals surface area contributed by atoms with Crippen molar-refractivity contribution in [3.8, 4) is 0 Å². The molecule has 0 heterocycles. The third-order valence-corrected chi connectivity index (χ3v) is 6.70. The van der Waals surface area contributed by atoms with Gasteiger partial charge in [0.15, 0.2) is 8.32 Å². The van der Waals surface area contributed by atoms with Gasteiger partial charge in [-0.05, 0) is 43.6 Å². The smallest absolute Gasteiger partial charge is 0.315 e. The highest BCUT2D eigenvalue weighted by Crippen LogP contribution is 2.57. The van der Waals surface area contributed by atoms with E-state index in [2.05, 4.69) is 43.9 Å². The van der Waals surface area contributed by atoms with Crippen molar-refractivity contribution in [1.82, 2.24) is 0 Å². The van der Waals surface area contributed by atoms with Crippen molar-refractivity contribution >= 4 is 14.3 Å². The Hall–Kier alpha value is -1.91. The van der Waals surface area contributed by atoms with Crippen molar-refractivity contribution in [3.63, 3.8) is 0 Å². The molecule has 0 amide bonds. The van der Waals surface area contributed by atoms with Gasteiger partial charge in [0.25, 0.3) is 0 Å². The Labute approximate surface area is 170 Å². The first-order valence-corrected chi connectivity index (χ1v) is 13.7. The zero-order valence-electron chi connectivity index (χ0n) is 17.5. The number of hydrogen-bond donors (Lipinski definition) is 0. The SMILES string of the molecule is COC(=O)C1(C(O[Si](C)(C)C)(c2ccccc2)c2ccccc2)CCCCC1. The predicted molar refractivity (Wildman–Crippen MR) is 116 cm³/mol. The Kier molecular flexibility index (Phi) is 6.11. The van der Waals surface area contributed by atoms with E-state index in [1.165, 1.54) is 7.11 Å². The van der Waals surface area contributed by atoms with Crippen LogP contribution >= 0.6 is 0 Å². The first-order valence-electron chi connectivity index (χ1n) is 10.3. The van der Waals surface area contributed by atoms with Crippen LogP contribution in [0.3, 0.4) is 0 Å². The normalized spacial score (nSPS) is 17.1. The third-order valence-electron chi connectivity index (χ3n) is 5.78.